The molecule has 0 unspecified atom stereocenters. The van der Waals surface area contributed by atoms with E-state index in [4.69, 9.17) is 9.47 Å². The molecular weight excluding hydrogens is 346 g/mol. The molecule has 22 heavy (non-hydrogen) atoms. The van der Waals surface area contributed by atoms with Crippen LogP contribution in [-0.4, -0.2) is 19.6 Å². The first-order chi connectivity index (χ1) is 10.6. The Balaban J connectivity index is 2.20. The first kappa shape index (κ1) is 16.5. The molecule has 5 heteroatoms. The van der Waals surface area contributed by atoms with Gasteiger partial charge in [-0.15, -0.1) is 0 Å². The minimum Gasteiger partial charge on any atom is -0.494 e. The van der Waals surface area contributed by atoms with Gasteiger partial charge < -0.3 is 14.8 Å². The van der Waals surface area contributed by atoms with Gasteiger partial charge in [-0.25, -0.2) is 0 Å². The number of rotatable bonds is 6. The third-order valence-corrected chi connectivity index (χ3v) is 3.50. The van der Waals surface area contributed by atoms with Crippen molar-refractivity contribution >= 4 is 27.5 Å². The van der Waals surface area contributed by atoms with Crippen molar-refractivity contribution in [2.45, 2.75) is 13.5 Å². The normalized spacial score (nSPS) is 10.3. The zero-order valence-corrected chi connectivity index (χ0v) is 14.1. The van der Waals surface area contributed by atoms with Crippen molar-refractivity contribution in [3.05, 3.63) is 58.1 Å². The molecule has 0 saturated heterocycles. The van der Waals surface area contributed by atoms with E-state index in [0.29, 0.717) is 18.8 Å². The first-order valence-corrected chi connectivity index (χ1v) is 7.75. The van der Waals surface area contributed by atoms with E-state index in [9.17, 15) is 4.79 Å². The molecule has 116 valence electrons. The summed E-state index contributed by atoms with van der Waals surface area (Å²) in [4.78, 5) is 12.3. The van der Waals surface area contributed by atoms with Crippen LogP contribution in [0.1, 0.15) is 22.8 Å². The number of amides is 1. The van der Waals surface area contributed by atoms with Crippen LogP contribution in [0.5, 0.6) is 5.75 Å². The van der Waals surface area contributed by atoms with Crippen LogP contribution in [0.25, 0.3) is 0 Å². The van der Waals surface area contributed by atoms with Crippen LogP contribution in [0, 0.1) is 0 Å². The summed E-state index contributed by atoms with van der Waals surface area (Å²) in [6.45, 7) is 2.89. The monoisotopic (exact) mass is 363 g/mol. The Hall–Kier alpha value is -1.85. The molecule has 0 radical (unpaired) electrons. The largest absolute Gasteiger partial charge is 0.494 e. The van der Waals surface area contributed by atoms with E-state index in [-0.39, 0.29) is 5.91 Å². The topological polar surface area (TPSA) is 47.6 Å². The number of benzene rings is 2. The number of ether oxygens (including phenoxy) is 2. The second-order valence-corrected chi connectivity index (χ2v) is 5.57. The predicted octanol–water partition coefficient (Wildman–Crippen LogP) is 4.25. The molecule has 2 aromatic rings. The van der Waals surface area contributed by atoms with E-state index >= 15 is 0 Å². The van der Waals surface area contributed by atoms with E-state index in [2.05, 4.69) is 21.2 Å². The Morgan fingerprint density at radius 2 is 2.05 bits per heavy atom. The number of anilines is 1. The van der Waals surface area contributed by atoms with Crippen LogP contribution >= 0.6 is 15.9 Å². The smallest absolute Gasteiger partial charge is 0.255 e. The number of hydrogen-bond acceptors (Lipinski definition) is 3. The number of carbonyl (C=O) groups excluding carboxylic acids is 1. The molecule has 0 aliphatic carbocycles. The second-order valence-electron chi connectivity index (χ2n) is 4.65. The molecule has 0 atom stereocenters. The molecule has 4 nitrogen and oxygen atoms in total. The molecule has 2 aromatic carbocycles. The molecule has 0 aliphatic heterocycles. The van der Waals surface area contributed by atoms with E-state index < -0.39 is 0 Å². The number of hydrogen-bond donors (Lipinski definition) is 1. The summed E-state index contributed by atoms with van der Waals surface area (Å²) in [5, 5.41) is 2.87. The van der Waals surface area contributed by atoms with Gasteiger partial charge in [0, 0.05) is 28.4 Å². The lowest BCUT2D eigenvalue weighted by Gasteiger charge is -2.12. The molecular formula is C17H18BrNO3. The highest BCUT2D eigenvalue weighted by molar-refractivity contribution is 9.10. The minimum atomic E-state index is -0.168. The van der Waals surface area contributed by atoms with Crippen molar-refractivity contribution < 1.29 is 14.3 Å². The molecule has 0 aromatic heterocycles. The van der Waals surface area contributed by atoms with Crippen molar-refractivity contribution in [1.29, 1.82) is 0 Å². The highest BCUT2D eigenvalue weighted by Gasteiger charge is 2.11. The number of methoxy groups -OCH3 is 1. The van der Waals surface area contributed by atoms with E-state index in [1.54, 1.807) is 25.3 Å². The Bertz CT molecular complexity index is 658. The zero-order chi connectivity index (χ0) is 15.9. The van der Waals surface area contributed by atoms with Gasteiger partial charge >= 0.3 is 0 Å². The molecule has 1 amide bonds. The molecule has 2 rings (SSSR count). The van der Waals surface area contributed by atoms with Gasteiger partial charge in [-0.2, -0.15) is 0 Å². The number of halogens is 1. The maximum absolute atomic E-state index is 12.3. The fourth-order valence-corrected chi connectivity index (χ4v) is 2.45. The zero-order valence-electron chi connectivity index (χ0n) is 12.6. The fourth-order valence-electron chi connectivity index (χ4n) is 2.05. The van der Waals surface area contributed by atoms with Crippen molar-refractivity contribution in [1.82, 2.24) is 0 Å². The predicted molar refractivity (Wildman–Crippen MR) is 90.4 cm³/mol. The van der Waals surface area contributed by atoms with Crippen LogP contribution < -0.4 is 10.1 Å². The molecule has 0 fully saturated rings. The van der Waals surface area contributed by atoms with Crippen molar-refractivity contribution in [3.63, 3.8) is 0 Å². The van der Waals surface area contributed by atoms with Gasteiger partial charge in [-0.1, -0.05) is 22.0 Å². The van der Waals surface area contributed by atoms with E-state index in [1.165, 1.54) is 0 Å². The third kappa shape index (κ3) is 4.32. The van der Waals surface area contributed by atoms with Crippen LogP contribution in [0.2, 0.25) is 0 Å². The standard InChI is InChI=1S/C17H18BrNO3/c1-3-22-16-8-7-12(9-13(16)11-21-2)17(20)19-15-6-4-5-14(18)10-15/h4-10H,3,11H2,1-2H3,(H,19,20). The second kappa shape index (κ2) is 7.96. The van der Waals surface area contributed by atoms with Crippen LogP contribution in [-0.2, 0) is 11.3 Å². The lowest BCUT2D eigenvalue weighted by Crippen LogP contribution is -2.12. The number of carbonyl (C=O) groups is 1. The van der Waals surface area contributed by atoms with Crippen LogP contribution in [0.3, 0.4) is 0 Å². The van der Waals surface area contributed by atoms with Gasteiger partial charge in [0.05, 0.1) is 13.2 Å². The lowest BCUT2D eigenvalue weighted by atomic mass is 10.1. The summed E-state index contributed by atoms with van der Waals surface area (Å²) in [5.74, 6) is 0.571. The Morgan fingerprint density at radius 1 is 1.23 bits per heavy atom. The summed E-state index contributed by atoms with van der Waals surface area (Å²) in [7, 11) is 1.62. The highest BCUT2D eigenvalue weighted by Crippen LogP contribution is 2.22. The van der Waals surface area contributed by atoms with Crippen LogP contribution in [0.4, 0.5) is 5.69 Å². The van der Waals surface area contributed by atoms with Gasteiger partial charge in [0.25, 0.3) is 5.91 Å². The Labute approximate surface area is 138 Å². The van der Waals surface area contributed by atoms with Crippen molar-refractivity contribution in [3.8, 4) is 5.75 Å². The van der Waals surface area contributed by atoms with Crippen molar-refractivity contribution in [2.75, 3.05) is 19.0 Å². The lowest BCUT2D eigenvalue weighted by molar-refractivity contribution is 0.102. The summed E-state index contributed by atoms with van der Waals surface area (Å²) in [6.07, 6.45) is 0. The highest BCUT2D eigenvalue weighted by atomic mass is 79.9. The van der Waals surface area contributed by atoms with Gasteiger partial charge in [0.2, 0.25) is 0 Å². The van der Waals surface area contributed by atoms with Crippen molar-refractivity contribution in [2.24, 2.45) is 0 Å². The Kier molecular flexibility index (Phi) is 5.98. The summed E-state index contributed by atoms with van der Waals surface area (Å²) in [5.41, 5.74) is 2.16. The number of nitrogens with one attached hydrogen (secondary N) is 1. The Morgan fingerprint density at radius 3 is 2.73 bits per heavy atom. The molecule has 0 bridgehead atoms. The maximum Gasteiger partial charge on any atom is 0.255 e. The summed E-state index contributed by atoms with van der Waals surface area (Å²) >= 11 is 3.38. The quantitative estimate of drug-likeness (QED) is 0.834. The van der Waals surface area contributed by atoms with Gasteiger partial charge in [0.1, 0.15) is 5.75 Å². The maximum atomic E-state index is 12.3. The summed E-state index contributed by atoms with van der Waals surface area (Å²) < 4.78 is 11.6. The average molecular weight is 364 g/mol. The van der Waals surface area contributed by atoms with Crippen LogP contribution in [0.15, 0.2) is 46.9 Å². The molecule has 0 heterocycles. The first-order valence-electron chi connectivity index (χ1n) is 6.95. The molecule has 0 saturated carbocycles. The summed E-state index contributed by atoms with van der Waals surface area (Å²) in [6, 6.07) is 12.8. The fraction of sp³-hybridized carbons (Fsp3) is 0.235. The van der Waals surface area contributed by atoms with E-state index in [1.807, 2.05) is 31.2 Å². The average Bonchev–Trinajstić information content (AvgIpc) is 2.49. The minimum absolute atomic E-state index is 0.168. The third-order valence-electron chi connectivity index (χ3n) is 3.00. The molecule has 1 N–H and O–H groups in total. The van der Waals surface area contributed by atoms with Gasteiger partial charge in [-0.05, 0) is 43.3 Å². The molecule has 0 aliphatic rings. The van der Waals surface area contributed by atoms with E-state index in [0.717, 1.165) is 21.5 Å². The van der Waals surface area contributed by atoms with Gasteiger partial charge in [-0.3, -0.25) is 4.79 Å². The SMILES string of the molecule is CCOc1ccc(C(=O)Nc2cccc(Br)c2)cc1COC. The van der Waals surface area contributed by atoms with Gasteiger partial charge in [0.15, 0.2) is 0 Å². The molecule has 0 spiro atoms.